The molecule has 15 heavy (non-hydrogen) atoms. The molecule has 0 aromatic rings. The van der Waals surface area contributed by atoms with E-state index in [-0.39, 0.29) is 6.04 Å². The van der Waals surface area contributed by atoms with Crippen LogP contribution in [0.2, 0.25) is 0 Å². The molecule has 0 aromatic carbocycles. The van der Waals surface area contributed by atoms with Gasteiger partial charge in [-0.3, -0.25) is 9.69 Å². The van der Waals surface area contributed by atoms with Crippen molar-refractivity contribution >= 4 is 5.78 Å². The number of hydrogen-bond donors (Lipinski definition) is 0. The molecule has 2 rings (SSSR count). The maximum absolute atomic E-state index is 11.6. The molecule has 1 aliphatic carbocycles. The maximum atomic E-state index is 11.6. The highest BCUT2D eigenvalue weighted by atomic mass is 16.1. The van der Waals surface area contributed by atoms with Gasteiger partial charge >= 0.3 is 0 Å². The number of nitrogens with zero attached hydrogens (tertiary/aromatic N) is 2. The molecule has 1 atom stereocenters. The quantitative estimate of drug-likeness (QED) is 0.683. The average Bonchev–Trinajstić information content (AvgIpc) is 2.65. The Balaban J connectivity index is 1.85. The first-order valence-electron chi connectivity index (χ1n) is 6.11. The van der Waals surface area contributed by atoms with Crippen LogP contribution in [0.4, 0.5) is 0 Å². The van der Waals surface area contributed by atoms with E-state index in [2.05, 4.69) is 23.9 Å². The third-order valence-electron chi connectivity index (χ3n) is 3.94. The molecule has 2 fully saturated rings. The zero-order chi connectivity index (χ0) is 10.8. The largest absolute Gasteiger partial charge is 0.306 e. The first-order chi connectivity index (χ1) is 7.18. The van der Waals surface area contributed by atoms with Crippen molar-refractivity contribution in [3.8, 4) is 0 Å². The summed E-state index contributed by atoms with van der Waals surface area (Å²) in [5.41, 5.74) is 0. The molecule has 1 aliphatic heterocycles. The van der Waals surface area contributed by atoms with Gasteiger partial charge in [-0.05, 0) is 39.8 Å². The number of carbonyl (C=O) groups is 1. The van der Waals surface area contributed by atoms with Gasteiger partial charge < -0.3 is 4.90 Å². The van der Waals surface area contributed by atoms with Gasteiger partial charge in [-0.2, -0.15) is 0 Å². The van der Waals surface area contributed by atoms with Crippen molar-refractivity contribution in [2.45, 2.75) is 44.2 Å². The van der Waals surface area contributed by atoms with E-state index in [0.29, 0.717) is 5.78 Å². The van der Waals surface area contributed by atoms with Crippen molar-refractivity contribution in [3.63, 3.8) is 0 Å². The molecular weight excluding hydrogens is 188 g/mol. The molecule has 0 amide bonds. The van der Waals surface area contributed by atoms with Crippen molar-refractivity contribution in [3.05, 3.63) is 0 Å². The highest BCUT2D eigenvalue weighted by Crippen LogP contribution is 2.24. The lowest BCUT2D eigenvalue weighted by atomic mass is 10.0. The summed E-state index contributed by atoms with van der Waals surface area (Å²) < 4.78 is 0. The van der Waals surface area contributed by atoms with Crippen molar-refractivity contribution < 1.29 is 4.79 Å². The van der Waals surface area contributed by atoms with Crippen LogP contribution < -0.4 is 0 Å². The third kappa shape index (κ3) is 2.40. The van der Waals surface area contributed by atoms with Gasteiger partial charge in [-0.25, -0.2) is 0 Å². The van der Waals surface area contributed by atoms with Gasteiger partial charge in [0.05, 0.1) is 6.04 Å². The molecule has 0 N–H and O–H groups in total. The molecule has 0 radical (unpaired) electrons. The number of hydrogen-bond acceptors (Lipinski definition) is 3. The first-order valence-corrected chi connectivity index (χ1v) is 6.11. The smallest absolute Gasteiger partial charge is 0.149 e. The summed E-state index contributed by atoms with van der Waals surface area (Å²) in [6.45, 7) is 2.22. The molecule has 2 aliphatic rings. The third-order valence-corrected chi connectivity index (χ3v) is 3.94. The molecule has 1 saturated heterocycles. The Morgan fingerprint density at radius 3 is 2.33 bits per heavy atom. The predicted molar refractivity (Wildman–Crippen MR) is 60.9 cm³/mol. The zero-order valence-electron chi connectivity index (χ0n) is 9.91. The van der Waals surface area contributed by atoms with Gasteiger partial charge in [0.1, 0.15) is 5.78 Å². The lowest BCUT2D eigenvalue weighted by Crippen LogP contribution is -2.47. The van der Waals surface area contributed by atoms with E-state index in [9.17, 15) is 4.79 Å². The van der Waals surface area contributed by atoms with Crippen molar-refractivity contribution in [1.29, 1.82) is 0 Å². The van der Waals surface area contributed by atoms with Crippen LogP contribution in [0.25, 0.3) is 0 Å². The van der Waals surface area contributed by atoms with E-state index >= 15 is 0 Å². The number of ketones is 1. The minimum atomic E-state index is 0.271. The van der Waals surface area contributed by atoms with E-state index in [0.717, 1.165) is 38.4 Å². The summed E-state index contributed by atoms with van der Waals surface area (Å²) in [6.07, 6.45) is 5.47. The first kappa shape index (κ1) is 11.1. The van der Waals surface area contributed by atoms with E-state index < -0.39 is 0 Å². The SMILES string of the molecule is CN(C)C1CCN(C2CCCC2=O)CC1. The fourth-order valence-corrected chi connectivity index (χ4v) is 2.90. The van der Waals surface area contributed by atoms with Crippen molar-refractivity contribution in [2.75, 3.05) is 27.2 Å². The Morgan fingerprint density at radius 1 is 1.20 bits per heavy atom. The minimum absolute atomic E-state index is 0.271. The predicted octanol–water partition coefficient (Wildman–Crippen LogP) is 1.13. The summed E-state index contributed by atoms with van der Waals surface area (Å²) >= 11 is 0. The van der Waals surface area contributed by atoms with Crippen LogP contribution in [0.15, 0.2) is 0 Å². The van der Waals surface area contributed by atoms with Crippen LogP contribution >= 0.6 is 0 Å². The second-order valence-electron chi connectivity index (χ2n) is 5.11. The Morgan fingerprint density at radius 2 is 1.87 bits per heavy atom. The Labute approximate surface area is 92.4 Å². The zero-order valence-corrected chi connectivity index (χ0v) is 9.91. The molecule has 1 heterocycles. The van der Waals surface area contributed by atoms with Crippen molar-refractivity contribution in [2.24, 2.45) is 0 Å². The van der Waals surface area contributed by atoms with Crippen molar-refractivity contribution in [1.82, 2.24) is 9.80 Å². The number of likely N-dealkylation sites (tertiary alicyclic amines) is 1. The minimum Gasteiger partial charge on any atom is -0.306 e. The fraction of sp³-hybridized carbons (Fsp3) is 0.917. The van der Waals surface area contributed by atoms with E-state index in [1.54, 1.807) is 0 Å². The standard InChI is InChI=1S/C12H22N2O/c1-13(2)10-6-8-14(9-7-10)11-4-3-5-12(11)15/h10-11H,3-9H2,1-2H3. The average molecular weight is 210 g/mol. The highest BCUT2D eigenvalue weighted by molar-refractivity contribution is 5.85. The normalized spacial score (nSPS) is 30.3. The molecule has 0 aromatic heterocycles. The number of rotatable bonds is 2. The number of piperidine rings is 1. The number of Topliss-reactive ketones (excluding diaryl/α,β-unsaturated/α-hetero) is 1. The molecule has 0 bridgehead atoms. The highest BCUT2D eigenvalue weighted by Gasteiger charge is 2.32. The fourth-order valence-electron chi connectivity index (χ4n) is 2.90. The molecule has 1 unspecified atom stereocenters. The van der Waals surface area contributed by atoms with Crippen LogP contribution in [-0.4, -0.2) is 54.9 Å². The number of carbonyl (C=O) groups excluding carboxylic acids is 1. The van der Waals surface area contributed by atoms with E-state index in [4.69, 9.17) is 0 Å². The molecule has 0 spiro atoms. The molecule has 3 heteroatoms. The molecule has 86 valence electrons. The summed E-state index contributed by atoms with van der Waals surface area (Å²) in [6, 6.07) is 0.992. The Bertz CT molecular complexity index is 232. The van der Waals surface area contributed by atoms with Gasteiger partial charge in [0.2, 0.25) is 0 Å². The monoisotopic (exact) mass is 210 g/mol. The second-order valence-corrected chi connectivity index (χ2v) is 5.11. The van der Waals surface area contributed by atoms with E-state index in [1.165, 1.54) is 12.8 Å². The van der Waals surface area contributed by atoms with E-state index in [1.807, 2.05) is 0 Å². The van der Waals surface area contributed by atoms with Gasteiger partial charge in [0.15, 0.2) is 0 Å². The summed E-state index contributed by atoms with van der Waals surface area (Å²) in [4.78, 5) is 16.4. The summed E-state index contributed by atoms with van der Waals surface area (Å²) in [7, 11) is 4.31. The molecule has 1 saturated carbocycles. The van der Waals surface area contributed by atoms with Crippen LogP contribution in [0.5, 0.6) is 0 Å². The van der Waals surface area contributed by atoms with Crippen LogP contribution in [0.1, 0.15) is 32.1 Å². The lowest BCUT2D eigenvalue weighted by molar-refractivity contribution is -0.122. The Kier molecular flexibility index (Phi) is 3.42. The molecule has 3 nitrogen and oxygen atoms in total. The van der Waals surface area contributed by atoms with Gasteiger partial charge in [-0.15, -0.1) is 0 Å². The molecular formula is C12H22N2O. The summed E-state index contributed by atoms with van der Waals surface area (Å²) in [5.74, 6) is 0.485. The van der Waals surface area contributed by atoms with Gasteiger partial charge in [-0.1, -0.05) is 0 Å². The van der Waals surface area contributed by atoms with Crippen LogP contribution in [0, 0.1) is 0 Å². The topological polar surface area (TPSA) is 23.6 Å². The lowest BCUT2D eigenvalue weighted by Gasteiger charge is -2.37. The second kappa shape index (κ2) is 4.62. The van der Waals surface area contributed by atoms with Crippen LogP contribution in [0.3, 0.4) is 0 Å². The Hall–Kier alpha value is -0.410. The van der Waals surface area contributed by atoms with Gasteiger partial charge in [0, 0.05) is 25.6 Å². The maximum Gasteiger partial charge on any atom is 0.149 e. The van der Waals surface area contributed by atoms with Crippen LogP contribution in [-0.2, 0) is 4.79 Å². The van der Waals surface area contributed by atoms with Gasteiger partial charge in [0.25, 0.3) is 0 Å². The summed E-state index contributed by atoms with van der Waals surface area (Å²) in [5, 5.41) is 0.